The van der Waals surface area contributed by atoms with Gasteiger partial charge in [-0.25, -0.2) is 0 Å². The minimum absolute atomic E-state index is 0.0936. The van der Waals surface area contributed by atoms with Crippen molar-refractivity contribution in [1.82, 2.24) is 15.5 Å². The number of amides is 2. The molecule has 0 aliphatic rings. The Bertz CT molecular complexity index is 996. The highest BCUT2D eigenvalue weighted by Crippen LogP contribution is 2.20. The zero-order valence-electron chi connectivity index (χ0n) is 16.6. The largest absolute Gasteiger partial charge is 0.378 e. The molecule has 1 heterocycles. The molecule has 3 rings (SSSR count). The molecule has 29 heavy (non-hydrogen) atoms. The molecule has 0 fully saturated rings. The molecule has 0 aliphatic heterocycles. The quantitative estimate of drug-likeness (QED) is 0.639. The van der Waals surface area contributed by atoms with Crippen LogP contribution in [0.25, 0.3) is 11.4 Å². The van der Waals surface area contributed by atoms with Crippen molar-refractivity contribution in [2.75, 3.05) is 30.9 Å². The molecule has 8 heteroatoms. The number of benzene rings is 2. The van der Waals surface area contributed by atoms with Crippen molar-refractivity contribution in [3.05, 3.63) is 60.0 Å². The maximum absolute atomic E-state index is 12.1. The average Bonchev–Trinajstić information content (AvgIpc) is 3.15. The Hall–Kier alpha value is -3.68. The van der Waals surface area contributed by atoms with E-state index < -0.39 is 0 Å². The summed E-state index contributed by atoms with van der Waals surface area (Å²) in [6.07, 6.45) is -0.0936. The van der Waals surface area contributed by atoms with Crippen LogP contribution in [-0.4, -0.2) is 42.6 Å². The first kappa shape index (κ1) is 20.1. The lowest BCUT2D eigenvalue weighted by Gasteiger charge is -2.13. The van der Waals surface area contributed by atoms with Crippen molar-refractivity contribution in [2.45, 2.75) is 13.3 Å². The summed E-state index contributed by atoms with van der Waals surface area (Å²) in [5, 5.41) is 9.21. The van der Waals surface area contributed by atoms with Gasteiger partial charge in [-0.1, -0.05) is 29.4 Å². The molecule has 0 radical (unpaired) electrons. The predicted octanol–water partition coefficient (Wildman–Crippen LogP) is 2.41. The second kappa shape index (κ2) is 9.01. The van der Waals surface area contributed by atoms with E-state index in [9.17, 15) is 9.59 Å². The van der Waals surface area contributed by atoms with E-state index in [0.29, 0.717) is 11.5 Å². The maximum atomic E-state index is 12.1. The summed E-state index contributed by atoms with van der Waals surface area (Å²) in [6.45, 7) is 1.80. The van der Waals surface area contributed by atoms with Gasteiger partial charge in [0.05, 0.1) is 6.54 Å². The van der Waals surface area contributed by atoms with E-state index in [0.717, 1.165) is 16.8 Å². The van der Waals surface area contributed by atoms with Gasteiger partial charge < -0.3 is 20.1 Å². The first-order valence-corrected chi connectivity index (χ1v) is 9.15. The molecule has 2 aromatic carbocycles. The minimum atomic E-state index is -0.372. The van der Waals surface area contributed by atoms with Crippen LogP contribution >= 0.6 is 0 Å². The van der Waals surface area contributed by atoms with Gasteiger partial charge in [0.25, 0.3) is 0 Å². The lowest BCUT2D eigenvalue weighted by Crippen LogP contribution is -2.33. The molecule has 0 saturated carbocycles. The third-order valence-corrected chi connectivity index (χ3v) is 4.28. The number of nitrogens with zero attached hydrogens (tertiary/aromatic N) is 3. The highest BCUT2D eigenvalue weighted by atomic mass is 16.5. The van der Waals surface area contributed by atoms with Gasteiger partial charge in [-0.3, -0.25) is 9.59 Å². The molecule has 0 bridgehead atoms. The van der Waals surface area contributed by atoms with Crippen LogP contribution in [0.15, 0.2) is 53.1 Å². The number of carbonyl (C=O) groups is 2. The Morgan fingerprint density at radius 3 is 2.45 bits per heavy atom. The van der Waals surface area contributed by atoms with Crippen LogP contribution in [0.5, 0.6) is 0 Å². The van der Waals surface area contributed by atoms with Crippen LogP contribution in [-0.2, 0) is 16.0 Å². The van der Waals surface area contributed by atoms with Gasteiger partial charge >= 0.3 is 0 Å². The number of aromatic nitrogens is 2. The Labute approximate surface area is 168 Å². The Morgan fingerprint density at radius 2 is 1.76 bits per heavy atom. The van der Waals surface area contributed by atoms with Crippen molar-refractivity contribution >= 4 is 23.2 Å². The highest BCUT2D eigenvalue weighted by Gasteiger charge is 2.14. The number of carbonyl (C=O) groups excluding carboxylic acids is 2. The van der Waals surface area contributed by atoms with Gasteiger partial charge in [0.15, 0.2) is 0 Å². The molecule has 150 valence electrons. The first-order valence-electron chi connectivity index (χ1n) is 9.15. The van der Waals surface area contributed by atoms with Crippen molar-refractivity contribution < 1.29 is 14.1 Å². The SMILES string of the molecule is Cc1ccccc1-c1noc(CC(=O)NCC(=O)Nc2ccc(N(C)C)cc2)n1. The van der Waals surface area contributed by atoms with Gasteiger partial charge in [0, 0.05) is 31.0 Å². The molecular weight excluding hydrogens is 370 g/mol. The fourth-order valence-corrected chi connectivity index (χ4v) is 2.69. The van der Waals surface area contributed by atoms with Gasteiger partial charge in [-0.15, -0.1) is 0 Å². The fourth-order valence-electron chi connectivity index (χ4n) is 2.69. The molecule has 0 aliphatic carbocycles. The van der Waals surface area contributed by atoms with Crippen LogP contribution in [0.4, 0.5) is 11.4 Å². The molecule has 1 aromatic heterocycles. The second-order valence-electron chi connectivity index (χ2n) is 6.77. The molecule has 0 unspecified atom stereocenters. The Morgan fingerprint density at radius 1 is 1.03 bits per heavy atom. The van der Waals surface area contributed by atoms with E-state index in [1.807, 2.05) is 62.3 Å². The van der Waals surface area contributed by atoms with Crippen molar-refractivity contribution in [2.24, 2.45) is 0 Å². The van der Waals surface area contributed by atoms with Crippen LogP contribution < -0.4 is 15.5 Å². The average molecular weight is 393 g/mol. The third-order valence-electron chi connectivity index (χ3n) is 4.28. The molecule has 2 N–H and O–H groups in total. The summed E-state index contributed by atoms with van der Waals surface area (Å²) >= 11 is 0. The standard InChI is InChI=1S/C21H23N5O3/c1-14-6-4-5-7-17(14)21-24-20(29-25-21)12-18(27)22-13-19(28)23-15-8-10-16(11-9-15)26(2)3/h4-11H,12-13H2,1-3H3,(H,22,27)(H,23,28). The summed E-state index contributed by atoms with van der Waals surface area (Å²) in [7, 11) is 3.88. The van der Waals surface area contributed by atoms with Gasteiger partial charge in [0.1, 0.15) is 6.42 Å². The summed E-state index contributed by atoms with van der Waals surface area (Å²) in [4.78, 5) is 30.3. The lowest BCUT2D eigenvalue weighted by atomic mass is 10.1. The molecule has 0 saturated heterocycles. The number of anilines is 2. The molecule has 0 spiro atoms. The molecule has 0 atom stereocenters. The van der Waals surface area contributed by atoms with E-state index in [4.69, 9.17) is 4.52 Å². The number of hydrogen-bond acceptors (Lipinski definition) is 6. The fraction of sp³-hybridized carbons (Fsp3) is 0.238. The zero-order valence-corrected chi connectivity index (χ0v) is 16.6. The lowest BCUT2D eigenvalue weighted by molar-refractivity contribution is -0.124. The molecule has 8 nitrogen and oxygen atoms in total. The van der Waals surface area contributed by atoms with Crippen molar-refractivity contribution in [1.29, 1.82) is 0 Å². The summed E-state index contributed by atoms with van der Waals surface area (Å²) < 4.78 is 5.15. The second-order valence-corrected chi connectivity index (χ2v) is 6.77. The van der Waals surface area contributed by atoms with Crippen molar-refractivity contribution in [3.8, 4) is 11.4 Å². The van der Waals surface area contributed by atoms with Crippen LogP contribution in [0.3, 0.4) is 0 Å². The van der Waals surface area contributed by atoms with E-state index >= 15 is 0 Å². The number of hydrogen-bond donors (Lipinski definition) is 2. The number of nitrogens with one attached hydrogen (secondary N) is 2. The van der Waals surface area contributed by atoms with Crippen LogP contribution in [0, 0.1) is 6.92 Å². The first-order chi connectivity index (χ1) is 13.9. The van der Waals surface area contributed by atoms with Gasteiger partial charge in [-0.2, -0.15) is 4.98 Å². The number of rotatable bonds is 7. The minimum Gasteiger partial charge on any atom is -0.378 e. The Balaban J connectivity index is 1.48. The van der Waals surface area contributed by atoms with E-state index in [-0.39, 0.29) is 30.7 Å². The molecule has 2 amide bonds. The highest BCUT2D eigenvalue weighted by molar-refractivity contribution is 5.94. The maximum Gasteiger partial charge on any atom is 0.243 e. The van der Waals surface area contributed by atoms with Crippen molar-refractivity contribution in [3.63, 3.8) is 0 Å². The summed E-state index contributed by atoms with van der Waals surface area (Å²) in [6, 6.07) is 15.1. The third kappa shape index (κ3) is 5.41. The Kier molecular flexibility index (Phi) is 6.23. The number of aryl methyl sites for hydroxylation is 1. The zero-order chi connectivity index (χ0) is 20.8. The van der Waals surface area contributed by atoms with Gasteiger partial charge in [-0.05, 0) is 36.8 Å². The predicted molar refractivity (Wildman–Crippen MR) is 111 cm³/mol. The van der Waals surface area contributed by atoms with E-state index in [1.54, 1.807) is 12.1 Å². The molecular formula is C21H23N5O3. The summed E-state index contributed by atoms with van der Waals surface area (Å²) in [5.41, 5.74) is 3.55. The van der Waals surface area contributed by atoms with E-state index in [2.05, 4.69) is 20.8 Å². The monoisotopic (exact) mass is 393 g/mol. The van der Waals surface area contributed by atoms with E-state index in [1.165, 1.54) is 0 Å². The molecule has 3 aromatic rings. The van der Waals surface area contributed by atoms with Crippen LogP contribution in [0.2, 0.25) is 0 Å². The van der Waals surface area contributed by atoms with Gasteiger partial charge in [0.2, 0.25) is 23.5 Å². The normalized spacial score (nSPS) is 10.4. The summed E-state index contributed by atoms with van der Waals surface area (Å²) in [5.74, 6) is -0.0598. The van der Waals surface area contributed by atoms with Crippen LogP contribution in [0.1, 0.15) is 11.5 Å². The smallest absolute Gasteiger partial charge is 0.243 e. The topological polar surface area (TPSA) is 100 Å².